The van der Waals surface area contributed by atoms with Gasteiger partial charge in [0.05, 0.1) is 30.8 Å². The molecule has 1 heterocycles. The van der Waals surface area contributed by atoms with Gasteiger partial charge in [-0.2, -0.15) is 22.0 Å². The minimum atomic E-state index is -6.24. The number of aliphatic hydroxyl groups is 3. The molecule has 4 N–H and O–H groups in total. The van der Waals surface area contributed by atoms with E-state index in [1.54, 1.807) is 5.43 Å². The van der Waals surface area contributed by atoms with E-state index in [4.69, 9.17) is 0 Å². The summed E-state index contributed by atoms with van der Waals surface area (Å²) in [6, 6.07) is 12.1. The van der Waals surface area contributed by atoms with Gasteiger partial charge in [-0.1, -0.05) is 30.3 Å². The predicted octanol–water partition coefficient (Wildman–Crippen LogP) is 4.53. The van der Waals surface area contributed by atoms with Crippen LogP contribution in [0, 0.1) is 11.6 Å². The molecule has 0 spiro atoms. The predicted molar refractivity (Wildman–Crippen MR) is 138 cm³/mol. The molecule has 0 aromatic heterocycles. The minimum Gasteiger partial charge on any atom is -0.505 e. The first-order valence-corrected chi connectivity index (χ1v) is 13.7. The molecule has 0 amide bonds. The Morgan fingerprint density at radius 1 is 0.952 bits per heavy atom. The molecular formula is C26H22F7N3O5S. The van der Waals surface area contributed by atoms with E-state index in [9.17, 15) is 54.5 Å². The molecular weight excluding hydrogens is 599 g/mol. The number of halogens is 7. The van der Waals surface area contributed by atoms with E-state index in [-0.39, 0.29) is 22.8 Å². The van der Waals surface area contributed by atoms with E-state index in [1.807, 2.05) is 0 Å². The van der Waals surface area contributed by atoms with Crippen molar-refractivity contribution in [3.8, 4) is 11.1 Å². The fourth-order valence-corrected chi connectivity index (χ4v) is 5.28. The largest absolute Gasteiger partial charge is 0.505 e. The van der Waals surface area contributed by atoms with Crippen LogP contribution in [0.15, 0.2) is 78.2 Å². The number of nitrogens with one attached hydrogen (secondary N) is 1. The molecule has 0 saturated heterocycles. The van der Waals surface area contributed by atoms with E-state index < -0.39 is 68.8 Å². The lowest BCUT2D eigenvalue weighted by molar-refractivity contribution is -0.266. The van der Waals surface area contributed by atoms with Gasteiger partial charge in [-0.3, -0.25) is 9.73 Å². The van der Waals surface area contributed by atoms with Gasteiger partial charge in [0.25, 0.3) is 0 Å². The lowest BCUT2D eigenvalue weighted by atomic mass is 9.94. The van der Waals surface area contributed by atoms with Crippen LogP contribution in [-0.4, -0.2) is 55.2 Å². The molecule has 0 aliphatic carbocycles. The summed E-state index contributed by atoms with van der Waals surface area (Å²) in [6.07, 6.45) is -5.30. The minimum absolute atomic E-state index is 0.118. The molecule has 0 bridgehead atoms. The van der Waals surface area contributed by atoms with Crippen LogP contribution in [0.25, 0.3) is 11.1 Å². The molecule has 4 rings (SSSR count). The Balaban J connectivity index is 1.85. The number of hydrogen-bond acceptors (Lipinski definition) is 7. The Bertz CT molecular complexity index is 1630. The standard InChI is InChI=1S/C26H22F7N3O5S/c1-42(40,41)35(11-12-37)19-8-5-15(6-9-19)16-3-2-4-17(13-16)24(39)23(38)22(25(29,30)26(31,32)33)34-36(24)21-10-7-18(27)14-20(21)28/h2-10,13-14,34,37-39H,11-12H2,1H3. The van der Waals surface area contributed by atoms with Gasteiger partial charge >= 0.3 is 12.1 Å². The Morgan fingerprint density at radius 2 is 1.60 bits per heavy atom. The van der Waals surface area contributed by atoms with Crippen molar-refractivity contribution in [3.63, 3.8) is 0 Å². The van der Waals surface area contributed by atoms with Crippen molar-refractivity contribution >= 4 is 21.4 Å². The summed E-state index contributed by atoms with van der Waals surface area (Å²) < 4.78 is 122. The third kappa shape index (κ3) is 5.32. The maximum absolute atomic E-state index is 14.7. The van der Waals surface area contributed by atoms with Crippen molar-refractivity contribution in [1.29, 1.82) is 0 Å². The number of hydrazine groups is 1. The summed E-state index contributed by atoms with van der Waals surface area (Å²) in [5.41, 5.74) is -4.52. The second kappa shape index (κ2) is 10.7. The molecule has 1 unspecified atom stereocenters. The van der Waals surface area contributed by atoms with Crippen LogP contribution >= 0.6 is 0 Å². The van der Waals surface area contributed by atoms with E-state index in [0.717, 1.165) is 22.7 Å². The second-order valence-electron chi connectivity index (χ2n) is 9.20. The Morgan fingerprint density at radius 3 is 2.14 bits per heavy atom. The van der Waals surface area contributed by atoms with Crippen molar-refractivity contribution in [1.82, 2.24) is 5.43 Å². The monoisotopic (exact) mass is 621 g/mol. The van der Waals surface area contributed by atoms with Gasteiger partial charge < -0.3 is 15.3 Å². The summed E-state index contributed by atoms with van der Waals surface area (Å²) in [7, 11) is -3.76. The van der Waals surface area contributed by atoms with Gasteiger partial charge in [0.1, 0.15) is 5.82 Å². The third-order valence-corrected chi connectivity index (χ3v) is 7.59. The molecule has 3 aromatic rings. The van der Waals surface area contributed by atoms with Crippen LogP contribution in [0.4, 0.5) is 42.1 Å². The van der Waals surface area contributed by atoms with Gasteiger partial charge in [0.2, 0.25) is 15.7 Å². The average Bonchev–Trinajstić information content (AvgIpc) is 3.18. The van der Waals surface area contributed by atoms with Gasteiger partial charge in [0, 0.05) is 11.6 Å². The maximum atomic E-state index is 14.7. The van der Waals surface area contributed by atoms with Crippen molar-refractivity contribution in [2.24, 2.45) is 0 Å². The summed E-state index contributed by atoms with van der Waals surface area (Å²) in [5, 5.41) is 31.6. The van der Waals surface area contributed by atoms with Gasteiger partial charge in [-0.25, -0.2) is 22.2 Å². The van der Waals surface area contributed by atoms with Crippen LogP contribution in [0.3, 0.4) is 0 Å². The topological polar surface area (TPSA) is 113 Å². The van der Waals surface area contributed by atoms with Crippen LogP contribution in [0.1, 0.15) is 5.56 Å². The van der Waals surface area contributed by atoms with Gasteiger partial charge in [-0.15, -0.1) is 0 Å². The number of aliphatic hydroxyl groups excluding tert-OH is 2. The fraction of sp³-hybridized carbons (Fsp3) is 0.231. The summed E-state index contributed by atoms with van der Waals surface area (Å²) in [4.78, 5) is 0. The first-order valence-electron chi connectivity index (χ1n) is 11.9. The van der Waals surface area contributed by atoms with Crippen molar-refractivity contribution in [3.05, 3.63) is 95.4 Å². The highest BCUT2D eigenvalue weighted by molar-refractivity contribution is 7.92. The quantitative estimate of drug-likeness (QED) is 0.274. The number of sulfonamides is 1. The van der Waals surface area contributed by atoms with Gasteiger partial charge in [-0.05, 0) is 41.5 Å². The second-order valence-corrected chi connectivity index (χ2v) is 11.1. The highest BCUT2D eigenvalue weighted by atomic mass is 32.2. The number of rotatable bonds is 8. The van der Waals surface area contributed by atoms with E-state index in [1.165, 1.54) is 36.4 Å². The molecule has 1 aliphatic rings. The zero-order valence-electron chi connectivity index (χ0n) is 21.4. The summed E-state index contributed by atoms with van der Waals surface area (Å²) >= 11 is 0. The molecule has 226 valence electrons. The van der Waals surface area contributed by atoms with Gasteiger partial charge in [0.15, 0.2) is 17.3 Å². The first kappa shape index (κ1) is 30.9. The van der Waals surface area contributed by atoms with Crippen LogP contribution < -0.4 is 14.7 Å². The van der Waals surface area contributed by atoms with E-state index in [0.29, 0.717) is 23.8 Å². The van der Waals surface area contributed by atoms with Crippen LogP contribution in [0.5, 0.6) is 0 Å². The summed E-state index contributed by atoms with van der Waals surface area (Å²) in [5.74, 6) is -10.2. The zero-order chi connectivity index (χ0) is 31.3. The maximum Gasteiger partial charge on any atom is 0.459 e. The third-order valence-electron chi connectivity index (χ3n) is 6.39. The first-order chi connectivity index (χ1) is 19.4. The number of anilines is 2. The Hall–Kier alpha value is -4.02. The van der Waals surface area contributed by atoms with Crippen molar-refractivity contribution < 1.29 is 54.5 Å². The van der Waals surface area contributed by atoms with E-state index >= 15 is 0 Å². The number of allylic oxidation sites excluding steroid dienone is 1. The van der Waals surface area contributed by atoms with Crippen LogP contribution in [0.2, 0.25) is 0 Å². The number of alkyl halides is 5. The highest BCUT2D eigenvalue weighted by Crippen LogP contribution is 2.49. The lowest BCUT2D eigenvalue weighted by Gasteiger charge is -2.35. The number of nitrogens with zero attached hydrogens (tertiary/aromatic N) is 2. The molecule has 1 atom stereocenters. The highest BCUT2D eigenvalue weighted by Gasteiger charge is 2.66. The molecule has 0 fully saturated rings. The fourth-order valence-electron chi connectivity index (χ4n) is 4.36. The molecule has 0 saturated carbocycles. The van der Waals surface area contributed by atoms with Crippen molar-refractivity contribution in [2.45, 2.75) is 17.8 Å². The molecule has 42 heavy (non-hydrogen) atoms. The molecule has 0 radical (unpaired) electrons. The lowest BCUT2D eigenvalue weighted by Crippen LogP contribution is -2.51. The smallest absolute Gasteiger partial charge is 0.459 e. The molecule has 1 aliphatic heterocycles. The van der Waals surface area contributed by atoms with Crippen molar-refractivity contribution in [2.75, 3.05) is 28.7 Å². The molecule has 8 nitrogen and oxygen atoms in total. The normalized spacial score (nSPS) is 17.9. The SMILES string of the molecule is CS(=O)(=O)N(CCO)c1ccc(-c2cccc(C3(O)C(O)=C(C(F)(F)C(F)(F)F)NN3c3ccc(F)cc3F)c2)cc1. The number of benzene rings is 3. The Kier molecular flexibility index (Phi) is 7.86. The van der Waals surface area contributed by atoms with E-state index in [2.05, 4.69) is 0 Å². The molecule has 16 heteroatoms. The summed E-state index contributed by atoms with van der Waals surface area (Å²) in [6.45, 7) is -0.707. The zero-order valence-corrected chi connectivity index (χ0v) is 22.2. The number of hydrogen-bond donors (Lipinski definition) is 4. The Labute approximate surface area is 234 Å². The molecule has 3 aromatic carbocycles. The van der Waals surface area contributed by atoms with Crippen LogP contribution in [-0.2, 0) is 15.7 Å². The average molecular weight is 622 g/mol.